The second-order valence-corrected chi connectivity index (χ2v) is 11.5. The molecule has 3 atom stereocenters. The van der Waals surface area contributed by atoms with Gasteiger partial charge in [0.1, 0.15) is 17.7 Å². The zero-order chi connectivity index (χ0) is 26.4. The van der Waals surface area contributed by atoms with Crippen molar-refractivity contribution >= 4 is 21.7 Å². The standard InChI is InChI=1S/C25H26F4N2O4S/c1-13-6-9-21(31(13)25(33)15-4-3-5-16(10-15)36(2,34)35)24(32)30-22(14-7-8-14)17-11-20(27)18(23(28)29)12-19(17)26/h3-5,10-14,21-23H,6-9H2,1-2H3,(H,30,32)/t13-,21-,22-/m1/s1. The maximum Gasteiger partial charge on any atom is 0.266 e. The molecule has 0 unspecified atom stereocenters. The van der Waals surface area contributed by atoms with Gasteiger partial charge in [-0.15, -0.1) is 0 Å². The van der Waals surface area contributed by atoms with Crippen LogP contribution in [-0.4, -0.2) is 43.5 Å². The van der Waals surface area contributed by atoms with Gasteiger partial charge in [-0.1, -0.05) is 6.07 Å². The predicted octanol–water partition coefficient (Wildman–Crippen LogP) is 4.57. The summed E-state index contributed by atoms with van der Waals surface area (Å²) in [6.07, 6.45) is -0.0315. The van der Waals surface area contributed by atoms with E-state index in [0.29, 0.717) is 37.8 Å². The van der Waals surface area contributed by atoms with E-state index in [4.69, 9.17) is 0 Å². The summed E-state index contributed by atoms with van der Waals surface area (Å²) in [4.78, 5) is 28.0. The van der Waals surface area contributed by atoms with Crippen molar-refractivity contribution in [3.63, 3.8) is 0 Å². The number of nitrogens with zero attached hydrogens (tertiary/aromatic N) is 1. The van der Waals surface area contributed by atoms with Crippen LogP contribution in [-0.2, 0) is 14.6 Å². The highest BCUT2D eigenvalue weighted by molar-refractivity contribution is 7.90. The molecule has 1 N–H and O–H groups in total. The van der Waals surface area contributed by atoms with Crippen LogP contribution >= 0.6 is 0 Å². The maximum atomic E-state index is 14.7. The lowest BCUT2D eigenvalue weighted by Crippen LogP contribution is -2.49. The van der Waals surface area contributed by atoms with E-state index in [1.807, 2.05) is 0 Å². The molecule has 194 valence electrons. The quantitative estimate of drug-likeness (QED) is 0.536. The van der Waals surface area contributed by atoms with E-state index in [2.05, 4.69) is 5.32 Å². The Morgan fingerprint density at radius 3 is 2.25 bits per heavy atom. The molecule has 1 aliphatic heterocycles. The first kappa shape index (κ1) is 26.1. The Morgan fingerprint density at radius 1 is 1.00 bits per heavy atom. The van der Waals surface area contributed by atoms with Crippen LogP contribution in [0.15, 0.2) is 41.3 Å². The Bertz CT molecular complexity index is 1300. The zero-order valence-corrected chi connectivity index (χ0v) is 20.5. The molecule has 4 rings (SSSR count). The second-order valence-electron chi connectivity index (χ2n) is 9.47. The molecule has 0 bridgehead atoms. The third-order valence-electron chi connectivity index (χ3n) is 6.79. The van der Waals surface area contributed by atoms with Crippen molar-refractivity contribution in [1.82, 2.24) is 10.2 Å². The minimum atomic E-state index is -3.55. The zero-order valence-electron chi connectivity index (χ0n) is 19.7. The van der Waals surface area contributed by atoms with Gasteiger partial charge in [0.25, 0.3) is 12.3 Å². The summed E-state index contributed by atoms with van der Waals surface area (Å²) in [7, 11) is -3.55. The fourth-order valence-corrected chi connectivity index (χ4v) is 5.37. The van der Waals surface area contributed by atoms with Gasteiger partial charge in [0.05, 0.1) is 16.5 Å². The van der Waals surface area contributed by atoms with Crippen molar-refractivity contribution in [3.05, 3.63) is 64.7 Å². The Balaban J connectivity index is 1.59. The number of rotatable bonds is 7. The average Bonchev–Trinajstić information content (AvgIpc) is 3.58. The normalized spacial score (nSPS) is 21.0. The Kier molecular flexibility index (Phi) is 7.14. The fraction of sp³-hybridized carbons (Fsp3) is 0.440. The van der Waals surface area contributed by atoms with Crippen LogP contribution in [0.3, 0.4) is 0 Å². The van der Waals surface area contributed by atoms with E-state index in [0.717, 1.165) is 6.26 Å². The molecule has 0 radical (unpaired) electrons. The second kappa shape index (κ2) is 9.84. The van der Waals surface area contributed by atoms with Crippen molar-refractivity contribution in [1.29, 1.82) is 0 Å². The molecular formula is C25H26F4N2O4S. The van der Waals surface area contributed by atoms with E-state index in [1.54, 1.807) is 6.92 Å². The topological polar surface area (TPSA) is 83.6 Å². The summed E-state index contributed by atoms with van der Waals surface area (Å²) in [5, 5.41) is 2.72. The van der Waals surface area contributed by atoms with Gasteiger partial charge in [-0.25, -0.2) is 26.0 Å². The molecule has 0 spiro atoms. The summed E-state index contributed by atoms with van der Waals surface area (Å²) < 4.78 is 78.7. The number of amides is 2. The smallest absolute Gasteiger partial charge is 0.266 e. The van der Waals surface area contributed by atoms with Crippen molar-refractivity contribution in [2.45, 2.75) is 62.1 Å². The van der Waals surface area contributed by atoms with Crippen LogP contribution < -0.4 is 5.32 Å². The van der Waals surface area contributed by atoms with Gasteiger partial charge >= 0.3 is 0 Å². The molecule has 11 heteroatoms. The summed E-state index contributed by atoms with van der Waals surface area (Å²) in [6.45, 7) is 1.77. The van der Waals surface area contributed by atoms with E-state index in [-0.39, 0.29) is 28.0 Å². The number of halogens is 4. The van der Waals surface area contributed by atoms with Gasteiger partial charge in [0, 0.05) is 23.4 Å². The molecule has 2 fully saturated rings. The first-order valence-electron chi connectivity index (χ1n) is 11.6. The van der Waals surface area contributed by atoms with Crippen molar-refractivity contribution < 1.29 is 35.6 Å². The molecule has 36 heavy (non-hydrogen) atoms. The number of hydrogen-bond donors (Lipinski definition) is 1. The van der Waals surface area contributed by atoms with E-state index >= 15 is 0 Å². The summed E-state index contributed by atoms with van der Waals surface area (Å²) >= 11 is 0. The maximum absolute atomic E-state index is 14.7. The molecule has 1 saturated carbocycles. The molecule has 6 nitrogen and oxygen atoms in total. The third-order valence-corrected chi connectivity index (χ3v) is 7.90. The Morgan fingerprint density at radius 2 is 1.64 bits per heavy atom. The lowest BCUT2D eigenvalue weighted by atomic mass is 9.98. The van der Waals surface area contributed by atoms with Crippen molar-refractivity contribution in [2.75, 3.05) is 6.26 Å². The Labute approximate surface area is 206 Å². The van der Waals surface area contributed by atoms with Crippen LogP contribution in [0.5, 0.6) is 0 Å². The summed E-state index contributed by atoms with van der Waals surface area (Å²) in [5.74, 6) is -3.56. The first-order valence-corrected chi connectivity index (χ1v) is 13.5. The molecule has 1 heterocycles. The van der Waals surface area contributed by atoms with Crippen LogP contribution in [0.1, 0.15) is 66.6 Å². The predicted molar refractivity (Wildman–Crippen MR) is 123 cm³/mol. The minimum absolute atomic E-state index is 0.0280. The van der Waals surface area contributed by atoms with E-state index in [9.17, 15) is 35.6 Å². The molecular weight excluding hydrogens is 500 g/mol. The van der Waals surface area contributed by atoms with Crippen LogP contribution in [0.4, 0.5) is 17.6 Å². The molecule has 2 aliphatic rings. The van der Waals surface area contributed by atoms with Gasteiger partial charge in [-0.05, 0) is 68.9 Å². The number of nitrogens with one attached hydrogen (secondary N) is 1. The lowest BCUT2D eigenvalue weighted by Gasteiger charge is -2.30. The van der Waals surface area contributed by atoms with Gasteiger partial charge in [-0.3, -0.25) is 9.59 Å². The van der Waals surface area contributed by atoms with E-state index in [1.165, 1.54) is 29.2 Å². The van der Waals surface area contributed by atoms with Crippen LogP contribution in [0.25, 0.3) is 0 Å². The first-order chi connectivity index (χ1) is 16.9. The van der Waals surface area contributed by atoms with Gasteiger partial charge in [-0.2, -0.15) is 0 Å². The fourth-order valence-electron chi connectivity index (χ4n) is 4.70. The number of likely N-dealkylation sites (tertiary alicyclic amines) is 1. The molecule has 1 saturated heterocycles. The number of carbonyl (C=O) groups excluding carboxylic acids is 2. The van der Waals surface area contributed by atoms with Crippen LogP contribution in [0, 0.1) is 17.6 Å². The van der Waals surface area contributed by atoms with Gasteiger partial charge in [0.2, 0.25) is 5.91 Å². The molecule has 1 aliphatic carbocycles. The number of carbonyl (C=O) groups is 2. The molecule has 0 aromatic heterocycles. The summed E-state index contributed by atoms with van der Waals surface area (Å²) in [6, 6.07) is 4.54. The van der Waals surface area contributed by atoms with Crippen molar-refractivity contribution in [2.24, 2.45) is 5.92 Å². The Hall–Kier alpha value is -2.95. The average molecular weight is 527 g/mol. The molecule has 2 aromatic carbocycles. The largest absolute Gasteiger partial charge is 0.347 e. The van der Waals surface area contributed by atoms with Crippen LogP contribution in [0.2, 0.25) is 0 Å². The highest BCUT2D eigenvalue weighted by atomic mass is 32.2. The van der Waals surface area contributed by atoms with Crippen molar-refractivity contribution in [3.8, 4) is 0 Å². The highest BCUT2D eigenvalue weighted by Gasteiger charge is 2.42. The number of hydrogen-bond acceptors (Lipinski definition) is 4. The molecule has 2 amide bonds. The van der Waals surface area contributed by atoms with Gasteiger partial charge < -0.3 is 10.2 Å². The summed E-state index contributed by atoms with van der Waals surface area (Å²) in [5.41, 5.74) is -1.15. The monoisotopic (exact) mass is 526 g/mol. The lowest BCUT2D eigenvalue weighted by molar-refractivity contribution is -0.126. The van der Waals surface area contributed by atoms with E-state index < -0.39 is 57.4 Å². The number of sulfone groups is 1. The number of benzene rings is 2. The third kappa shape index (κ3) is 5.25. The highest BCUT2D eigenvalue weighted by Crippen LogP contribution is 2.43. The number of alkyl halides is 2. The molecule has 2 aromatic rings. The van der Waals surface area contributed by atoms with Gasteiger partial charge in [0.15, 0.2) is 9.84 Å². The SMILES string of the molecule is C[C@@H]1CC[C@H](C(=O)N[C@@H](c2cc(F)c(C(F)F)cc2F)C2CC2)N1C(=O)c1cccc(S(C)(=O)=O)c1. The minimum Gasteiger partial charge on any atom is -0.347 e.